The minimum atomic E-state index is -0.160. The number of hydrogen-bond donors (Lipinski definition) is 1. The Morgan fingerprint density at radius 1 is 1.19 bits per heavy atom. The predicted octanol–water partition coefficient (Wildman–Crippen LogP) is 3.17. The zero-order valence-corrected chi connectivity index (χ0v) is 13.6. The first-order valence-corrected chi connectivity index (χ1v) is 8.85. The Kier molecular flexibility index (Phi) is 6.53. The zero-order chi connectivity index (χ0) is 15.1. The number of thioether (sulfide) groups is 2. The summed E-state index contributed by atoms with van der Waals surface area (Å²) in [7, 11) is 0. The number of rotatable bonds is 8. The monoisotopic (exact) mass is 326 g/mol. The smallest absolute Gasteiger partial charge is 0.191 e. The van der Waals surface area contributed by atoms with Crippen molar-refractivity contribution < 1.29 is 4.39 Å². The Labute approximate surface area is 132 Å². The van der Waals surface area contributed by atoms with Crippen molar-refractivity contribution in [3.8, 4) is 0 Å². The molecule has 1 aromatic heterocycles. The van der Waals surface area contributed by atoms with Gasteiger partial charge in [0.05, 0.1) is 6.54 Å². The van der Waals surface area contributed by atoms with Crippen LogP contribution in [0, 0.1) is 5.82 Å². The fourth-order valence-corrected chi connectivity index (χ4v) is 3.77. The van der Waals surface area contributed by atoms with Crippen LogP contribution in [0.2, 0.25) is 0 Å². The van der Waals surface area contributed by atoms with Crippen molar-refractivity contribution in [3.63, 3.8) is 0 Å². The standard InChI is InChI=1S/C14H19FN4S2/c1-2-7-19-13(10-16)17-18-14(19)21-9-8-20-12-6-4-3-5-11(12)15/h3-6H,2,7-10,16H2,1H3. The van der Waals surface area contributed by atoms with Gasteiger partial charge in [-0.1, -0.05) is 30.8 Å². The summed E-state index contributed by atoms with van der Waals surface area (Å²) in [5.74, 6) is 2.33. The third-order valence-electron chi connectivity index (χ3n) is 2.83. The van der Waals surface area contributed by atoms with Gasteiger partial charge in [-0.15, -0.1) is 22.0 Å². The summed E-state index contributed by atoms with van der Waals surface area (Å²) in [6.07, 6.45) is 1.02. The van der Waals surface area contributed by atoms with E-state index in [0.717, 1.165) is 35.5 Å². The molecule has 0 spiro atoms. The molecule has 0 radical (unpaired) electrons. The third kappa shape index (κ3) is 4.46. The first-order valence-electron chi connectivity index (χ1n) is 6.88. The van der Waals surface area contributed by atoms with Gasteiger partial charge in [0.25, 0.3) is 0 Å². The van der Waals surface area contributed by atoms with Crippen LogP contribution >= 0.6 is 23.5 Å². The maximum absolute atomic E-state index is 13.5. The molecule has 2 N–H and O–H groups in total. The fourth-order valence-electron chi connectivity index (χ4n) is 1.87. The highest BCUT2D eigenvalue weighted by Gasteiger charge is 2.10. The van der Waals surface area contributed by atoms with E-state index in [4.69, 9.17) is 5.73 Å². The fraction of sp³-hybridized carbons (Fsp3) is 0.429. The number of benzene rings is 1. The molecule has 0 aliphatic rings. The van der Waals surface area contributed by atoms with E-state index in [-0.39, 0.29) is 5.82 Å². The molecule has 1 aromatic carbocycles. The lowest BCUT2D eigenvalue weighted by Crippen LogP contribution is -2.09. The van der Waals surface area contributed by atoms with Crippen molar-refractivity contribution in [1.29, 1.82) is 0 Å². The van der Waals surface area contributed by atoms with Crippen LogP contribution in [-0.4, -0.2) is 26.3 Å². The van der Waals surface area contributed by atoms with Gasteiger partial charge in [-0.25, -0.2) is 4.39 Å². The van der Waals surface area contributed by atoms with E-state index >= 15 is 0 Å². The molecule has 0 fully saturated rings. The van der Waals surface area contributed by atoms with Gasteiger partial charge in [0, 0.05) is 22.9 Å². The second-order valence-corrected chi connectivity index (χ2v) is 6.58. The van der Waals surface area contributed by atoms with Gasteiger partial charge in [0.15, 0.2) is 5.16 Å². The minimum absolute atomic E-state index is 0.160. The van der Waals surface area contributed by atoms with Crippen LogP contribution in [0.25, 0.3) is 0 Å². The molecule has 0 saturated carbocycles. The van der Waals surface area contributed by atoms with Gasteiger partial charge in [0.1, 0.15) is 11.6 Å². The first kappa shape index (κ1) is 16.3. The average Bonchev–Trinajstić information content (AvgIpc) is 2.88. The summed E-state index contributed by atoms with van der Waals surface area (Å²) < 4.78 is 15.6. The Balaban J connectivity index is 1.86. The molecule has 0 saturated heterocycles. The van der Waals surface area contributed by atoms with Crippen molar-refractivity contribution in [2.75, 3.05) is 11.5 Å². The van der Waals surface area contributed by atoms with Crippen LogP contribution in [0.5, 0.6) is 0 Å². The summed E-state index contributed by atoms with van der Waals surface area (Å²) in [4.78, 5) is 0.691. The summed E-state index contributed by atoms with van der Waals surface area (Å²) in [5, 5.41) is 9.18. The number of nitrogens with two attached hydrogens (primary N) is 1. The van der Waals surface area contributed by atoms with Crippen LogP contribution in [0.4, 0.5) is 4.39 Å². The van der Waals surface area contributed by atoms with Gasteiger partial charge in [-0.3, -0.25) is 0 Å². The number of nitrogens with zero attached hydrogens (tertiary/aromatic N) is 3. The molecule has 1 heterocycles. The molecule has 2 rings (SSSR count). The van der Waals surface area contributed by atoms with E-state index in [1.807, 2.05) is 6.07 Å². The average molecular weight is 326 g/mol. The van der Waals surface area contributed by atoms with Gasteiger partial charge in [-0.05, 0) is 18.6 Å². The summed E-state index contributed by atoms with van der Waals surface area (Å²) >= 11 is 3.16. The van der Waals surface area contributed by atoms with Crippen molar-refractivity contribution in [2.24, 2.45) is 5.73 Å². The van der Waals surface area contributed by atoms with Crippen molar-refractivity contribution in [1.82, 2.24) is 14.8 Å². The highest BCUT2D eigenvalue weighted by molar-refractivity contribution is 8.02. The SMILES string of the molecule is CCCn1c(CN)nnc1SCCSc1ccccc1F. The van der Waals surface area contributed by atoms with Crippen molar-refractivity contribution in [2.45, 2.75) is 36.5 Å². The van der Waals surface area contributed by atoms with E-state index in [1.54, 1.807) is 23.9 Å². The van der Waals surface area contributed by atoms with E-state index in [1.165, 1.54) is 17.8 Å². The maximum atomic E-state index is 13.5. The molecule has 21 heavy (non-hydrogen) atoms. The van der Waals surface area contributed by atoms with Crippen LogP contribution in [-0.2, 0) is 13.1 Å². The minimum Gasteiger partial charge on any atom is -0.324 e. The highest BCUT2D eigenvalue weighted by atomic mass is 32.2. The second-order valence-electron chi connectivity index (χ2n) is 4.38. The molecule has 2 aromatic rings. The summed E-state index contributed by atoms with van der Waals surface area (Å²) in [6.45, 7) is 3.39. The topological polar surface area (TPSA) is 56.7 Å². The lowest BCUT2D eigenvalue weighted by molar-refractivity contribution is 0.592. The summed E-state index contributed by atoms with van der Waals surface area (Å²) in [6, 6.07) is 6.84. The molecule has 0 unspecified atom stereocenters. The Bertz CT molecular complexity index is 574. The van der Waals surface area contributed by atoms with Crippen molar-refractivity contribution in [3.05, 3.63) is 35.9 Å². The largest absolute Gasteiger partial charge is 0.324 e. The lowest BCUT2D eigenvalue weighted by Gasteiger charge is -2.07. The maximum Gasteiger partial charge on any atom is 0.191 e. The molecule has 0 atom stereocenters. The van der Waals surface area contributed by atoms with Crippen LogP contribution in [0.15, 0.2) is 34.3 Å². The Hall–Kier alpha value is -1.05. The quantitative estimate of drug-likeness (QED) is 0.596. The van der Waals surface area contributed by atoms with Gasteiger partial charge in [-0.2, -0.15) is 0 Å². The zero-order valence-electron chi connectivity index (χ0n) is 12.0. The first-order chi connectivity index (χ1) is 10.3. The molecule has 0 aliphatic heterocycles. The van der Waals surface area contributed by atoms with Crippen LogP contribution < -0.4 is 5.73 Å². The lowest BCUT2D eigenvalue weighted by atomic mass is 10.3. The number of hydrogen-bond acceptors (Lipinski definition) is 5. The van der Waals surface area contributed by atoms with Gasteiger partial charge < -0.3 is 10.3 Å². The van der Waals surface area contributed by atoms with Crippen LogP contribution in [0.1, 0.15) is 19.2 Å². The Morgan fingerprint density at radius 3 is 2.67 bits per heavy atom. The molecule has 0 bridgehead atoms. The molecule has 4 nitrogen and oxygen atoms in total. The second kappa shape index (κ2) is 8.41. The molecular weight excluding hydrogens is 307 g/mol. The summed E-state index contributed by atoms with van der Waals surface area (Å²) in [5.41, 5.74) is 5.66. The highest BCUT2D eigenvalue weighted by Crippen LogP contribution is 2.24. The van der Waals surface area contributed by atoms with E-state index in [9.17, 15) is 4.39 Å². The van der Waals surface area contributed by atoms with Gasteiger partial charge in [0.2, 0.25) is 0 Å². The van der Waals surface area contributed by atoms with Gasteiger partial charge >= 0.3 is 0 Å². The third-order valence-corrected chi connectivity index (χ3v) is 5.11. The predicted molar refractivity (Wildman–Crippen MR) is 86.1 cm³/mol. The number of halogens is 1. The number of aromatic nitrogens is 3. The molecular formula is C14H19FN4S2. The van der Waals surface area contributed by atoms with Crippen LogP contribution in [0.3, 0.4) is 0 Å². The van der Waals surface area contributed by atoms with E-state index < -0.39 is 0 Å². The van der Waals surface area contributed by atoms with E-state index in [2.05, 4.69) is 21.7 Å². The molecule has 0 aliphatic carbocycles. The molecule has 114 valence electrons. The van der Waals surface area contributed by atoms with Crippen molar-refractivity contribution >= 4 is 23.5 Å². The molecule has 7 heteroatoms. The Morgan fingerprint density at radius 2 is 1.95 bits per heavy atom. The van der Waals surface area contributed by atoms with E-state index in [0.29, 0.717) is 11.4 Å². The molecule has 0 amide bonds. The normalized spacial score (nSPS) is 11.0.